The summed E-state index contributed by atoms with van der Waals surface area (Å²) in [5.41, 5.74) is 1.29. The van der Waals surface area contributed by atoms with E-state index in [4.69, 9.17) is 16.3 Å². The van der Waals surface area contributed by atoms with Crippen LogP contribution < -0.4 is 0 Å². The number of aromatic amines is 1. The van der Waals surface area contributed by atoms with Crippen molar-refractivity contribution >= 4 is 28.5 Å². The number of nitrogens with one attached hydrogen (secondary N) is 1. The number of carbonyl (C=O) groups is 1. The van der Waals surface area contributed by atoms with E-state index in [1.807, 2.05) is 0 Å². The lowest BCUT2D eigenvalue weighted by molar-refractivity contribution is -0.153. The Morgan fingerprint density at radius 1 is 1.59 bits per heavy atom. The number of aromatic nitrogens is 1. The average Bonchev–Trinajstić information content (AvgIpc) is 2.71. The third-order valence-corrected chi connectivity index (χ3v) is 2.72. The zero-order valence-corrected chi connectivity index (χ0v) is 9.99. The molecule has 0 bridgehead atoms. The van der Waals surface area contributed by atoms with Crippen LogP contribution in [-0.2, 0) is 9.53 Å². The van der Waals surface area contributed by atoms with Gasteiger partial charge in [-0.15, -0.1) is 0 Å². The number of hydrogen-bond acceptors (Lipinski definition) is 3. The van der Waals surface area contributed by atoms with Crippen molar-refractivity contribution in [3.63, 3.8) is 0 Å². The molecule has 90 valence electrons. The van der Waals surface area contributed by atoms with Crippen LogP contribution in [0.15, 0.2) is 24.4 Å². The Morgan fingerprint density at radius 2 is 2.35 bits per heavy atom. The van der Waals surface area contributed by atoms with Crippen molar-refractivity contribution in [3.8, 4) is 0 Å². The second-order valence-corrected chi connectivity index (χ2v) is 4.02. The summed E-state index contributed by atoms with van der Waals surface area (Å²) in [6, 6.07) is 5.23. The van der Waals surface area contributed by atoms with Gasteiger partial charge in [0, 0.05) is 27.7 Å². The van der Waals surface area contributed by atoms with Crippen LogP contribution >= 0.6 is 11.6 Å². The molecule has 2 N–H and O–H groups in total. The molecule has 0 radical (unpaired) electrons. The van der Waals surface area contributed by atoms with E-state index in [0.29, 0.717) is 10.6 Å². The summed E-state index contributed by atoms with van der Waals surface area (Å²) in [5, 5.41) is 11.1. The van der Waals surface area contributed by atoms with Gasteiger partial charge in [0.25, 0.3) is 0 Å². The van der Waals surface area contributed by atoms with E-state index in [1.165, 1.54) is 0 Å². The monoisotopic (exact) mass is 253 g/mol. The van der Waals surface area contributed by atoms with Crippen LogP contribution in [0.2, 0.25) is 5.02 Å². The van der Waals surface area contributed by atoms with Crippen molar-refractivity contribution in [2.24, 2.45) is 0 Å². The summed E-state index contributed by atoms with van der Waals surface area (Å²) in [5.74, 6) is -0.659. The number of fused-ring (bicyclic) bond motifs is 1. The standard InChI is InChI=1S/C12H12ClNO3/c1-2-17-12(16)11(15)9-6-14-10-4-3-7(13)5-8(9)10/h3-6,11,14-15H,2H2,1H3. The van der Waals surface area contributed by atoms with Crippen molar-refractivity contribution in [1.82, 2.24) is 4.98 Å². The van der Waals surface area contributed by atoms with Crippen molar-refractivity contribution < 1.29 is 14.6 Å². The molecule has 0 saturated carbocycles. The second-order valence-electron chi connectivity index (χ2n) is 3.59. The Kier molecular flexibility index (Phi) is 3.36. The lowest BCUT2D eigenvalue weighted by Gasteiger charge is -2.08. The molecule has 4 nitrogen and oxygen atoms in total. The lowest BCUT2D eigenvalue weighted by atomic mass is 10.1. The maximum Gasteiger partial charge on any atom is 0.339 e. The fraction of sp³-hybridized carbons (Fsp3) is 0.250. The first-order chi connectivity index (χ1) is 8.13. The summed E-state index contributed by atoms with van der Waals surface area (Å²) < 4.78 is 4.77. The van der Waals surface area contributed by atoms with E-state index in [0.717, 1.165) is 10.9 Å². The van der Waals surface area contributed by atoms with Gasteiger partial charge in [-0.25, -0.2) is 4.79 Å². The Labute approximate surface area is 103 Å². The van der Waals surface area contributed by atoms with Crippen LogP contribution in [-0.4, -0.2) is 22.7 Å². The van der Waals surface area contributed by atoms with E-state index in [2.05, 4.69) is 4.98 Å². The van der Waals surface area contributed by atoms with Crippen molar-refractivity contribution in [1.29, 1.82) is 0 Å². The van der Waals surface area contributed by atoms with E-state index in [9.17, 15) is 9.90 Å². The van der Waals surface area contributed by atoms with Gasteiger partial charge < -0.3 is 14.8 Å². The number of hydrogen-bond donors (Lipinski definition) is 2. The smallest absolute Gasteiger partial charge is 0.339 e. The molecule has 0 aliphatic carbocycles. The van der Waals surface area contributed by atoms with Gasteiger partial charge in [-0.1, -0.05) is 11.6 Å². The van der Waals surface area contributed by atoms with Gasteiger partial charge in [-0.2, -0.15) is 0 Å². The highest BCUT2D eigenvalue weighted by molar-refractivity contribution is 6.31. The van der Waals surface area contributed by atoms with Crippen molar-refractivity contribution in [2.45, 2.75) is 13.0 Å². The van der Waals surface area contributed by atoms with Crippen LogP contribution in [0.5, 0.6) is 0 Å². The lowest BCUT2D eigenvalue weighted by Crippen LogP contribution is -2.14. The van der Waals surface area contributed by atoms with Gasteiger partial charge >= 0.3 is 5.97 Å². The second kappa shape index (κ2) is 4.77. The van der Waals surface area contributed by atoms with Crippen LogP contribution in [0.25, 0.3) is 10.9 Å². The summed E-state index contributed by atoms with van der Waals surface area (Å²) >= 11 is 5.88. The molecular formula is C12H12ClNO3. The molecule has 1 heterocycles. The molecule has 1 aromatic heterocycles. The minimum Gasteiger partial charge on any atom is -0.464 e. The van der Waals surface area contributed by atoms with Crippen LogP contribution in [0, 0.1) is 0 Å². The van der Waals surface area contributed by atoms with E-state index >= 15 is 0 Å². The molecule has 1 atom stereocenters. The summed E-state index contributed by atoms with van der Waals surface area (Å²) in [6.07, 6.45) is 0.296. The third-order valence-electron chi connectivity index (χ3n) is 2.48. The number of carbonyl (C=O) groups excluding carboxylic acids is 1. The van der Waals surface area contributed by atoms with Gasteiger partial charge in [0.05, 0.1) is 6.61 Å². The Bertz CT molecular complexity index is 550. The maximum absolute atomic E-state index is 11.5. The van der Waals surface area contributed by atoms with Crippen molar-refractivity contribution in [2.75, 3.05) is 6.61 Å². The van der Waals surface area contributed by atoms with Gasteiger partial charge in [-0.05, 0) is 25.1 Å². The highest BCUT2D eigenvalue weighted by Gasteiger charge is 2.21. The molecule has 0 spiro atoms. The molecular weight excluding hydrogens is 242 g/mol. The minimum atomic E-state index is -1.29. The first kappa shape index (κ1) is 12.0. The highest BCUT2D eigenvalue weighted by Crippen LogP contribution is 2.27. The molecule has 0 fully saturated rings. The number of ether oxygens (including phenoxy) is 1. The van der Waals surface area contributed by atoms with E-state index in [1.54, 1.807) is 31.3 Å². The molecule has 17 heavy (non-hydrogen) atoms. The number of aliphatic hydroxyl groups excluding tert-OH is 1. The molecule has 1 unspecified atom stereocenters. The maximum atomic E-state index is 11.5. The number of esters is 1. The number of benzene rings is 1. The molecule has 0 aliphatic heterocycles. The number of rotatable bonds is 3. The van der Waals surface area contributed by atoms with Gasteiger partial charge in [0.2, 0.25) is 0 Å². The number of halogens is 1. The molecule has 0 aliphatic rings. The van der Waals surface area contributed by atoms with Gasteiger partial charge in [-0.3, -0.25) is 0 Å². The predicted molar refractivity (Wildman–Crippen MR) is 64.9 cm³/mol. The largest absolute Gasteiger partial charge is 0.464 e. The SMILES string of the molecule is CCOC(=O)C(O)c1c[nH]c2ccc(Cl)cc12. The quantitative estimate of drug-likeness (QED) is 0.826. The van der Waals surface area contributed by atoms with Crippen molar-refractivity contribution in [3.05, 3.63) is 35.0 Å². The fourth-order valence-electron chi connectivity index (χ4n) is 1.69. The Morgan fingerprint density at radius 3 is 3.06 bits per heavy atom. The number of aliphatic hydroxyl groups is 1. The first-order valence-electron chi connectivity index (χ1n) is 5.24. The van der Waals surface area contributed by atoms with Crippen LogP contribution in [0.4, 0.5) is 0 Å². The normalized spacial score (nSPS) is 12.6. The summed E-state index contributed by atoms with van der Waals surface area (Å²) in [6.45, 7) is 1.93. The van der Waals surface area contributed by atoms with Crippen LogP contribution in [0.1, 0.15) is 18.6 Å². The zero-order chi connectivity index (χ0) is 12.4. The minimum absolute atomic E-state index is 0.235. The molecule has 0 amide bonds. The first-order valence-corrected chi connectivity index (χ1v) is 5.62. The van der Waals surface area contributed by atoms with E-state index < -0.39 is 12.1 Å². The van der Waals surface area contributed by atoms with Crippen LogP contribution in [0.3, 0.4) is 0 Å². The average molecular weight is 254 g/mol. The summed E-state index contributed by atoms with van der Waals surface area (Å²) in [7, 11) is 0. The number of H-pyrrole nitrogens is 1. The fourth-order valence-corrected chi connectivity index (χ4v) is 1.86. The van der Waals surface area contributed by atoms with E-state index in [-0.39, 0.29) is 6.61 Å². The Balaban J connectivity index is 2.41. The third kappa shape index (κ3) is 2.28. The summed E-state index contributed by atoms with van der Waals surface area (Å²) in [4.78, 5) is 14.4. The Hall–Kier alpha value is -1.52. The van der Waals surface area contributed by atoms with Gasteiger partial charge in [0.1, 0.15) is 0 Å². The molecule has 2 aromatic rings. The molecule has 2 rings (SSSR count). The highest BCUT2D eigenvalue weighted by atomic mass is 35.5. The molecule has 5 heteroatoms. The topological polar surface area (TPSA) is 62.3 Å². The molecule has 1 aromatic carbocycles. The van der Waals surface area contributed by atoms with Gasteiger partial charge in [0.15, 0.2) is 6.10 Å². The predicted octanol–water partition coefficient (Wildman–Crippen LogP) is 2.42. The molecule has 0 saturated heterocycles. The zero-order valence-electron chi connectivity index (χ0n) is 9.24.